The van der Waals surface area contributed by atoms with Crippen molar-refractivity contribution in [3.8, 4) is 0 Å². The summed E-state index contributed by atoms with van der Waals surface area (Å²) in [6, 6.07) is 1.28. The molecule has 44 valence electrons. The standard InChI is InChI=1S/C4H6FN3/c1-6-4-2-3(5)7-8-4/h2H,1H3,(H2,6,7,8). The lowest BCUT2D eigenvalue weighted by molar-refractivity contribution is 0.579. The van der Waals surface area contributed by atoms with Crippen LogP contribution in [0.25, 0.3) is 0 Å². The Morgan fingerprint density at radius 1 is 1.88 bits per heavy atom. The molecule has 1 rings (SSSR count). The number of aromatic amines is 1. The molecule has 0 aliphatic carbocycles. The molecule has 0 bridgehead atoms. The second kappa shape index (κ2) is 1.81. The number of anilines is 1. The quantitative estimate of drug-likeness (QED) is 0.562. The van der Waals surface area contributed by atoms with Gasteiger partial charge >= 0.3 is 0 Å². The van der Waals surface area contributed by atoms with Crippen molar-refractivity contribution in [1.82, 2.24) is 10.2 Å². The highest BCUT2D eigenvalue weighted by Gasteiger charge is 1.92. The maximum absolute atomic E-state index is 11.9. The minimum Gasteiger partial charge on any atom is -0.373 e. The zero-order valence-electron chi connectivity index (χ0n) is 4.40. The summed E-state index contributed by atoms with van der Waals surface area (Å²) >= 11 is 0. The van der Waals surface area contributed by atoms with Gasteiger partial charge in [-0.1, -0.05) is 0 Å². The van der Waals surface area contributed by atoms with Gasteiger partial charge < -0.3 is 5.32 Å². The molecule has 1 heterocycles. The van der Waals surface area contributed by atoms with Crippen LogP contribution in [0, 0.1) is 5.95 Å². The molecule has 4 heteroatoms. The summed E-state index contributed by atoms with van der Waals surface area (Å²) in [4.78, 5) is 0. The highest BCUT2D eigenvalue weighted by molar-refractivity contribution is 5.30. The Morgan fingerprint density at radius 3 is 2.88 bits per heavy atom. The minimum atomic E-state index is -0.491. The average molecular weight is 115 g/mol. The summed E-state index contributed by atoms with van der Waals surface area (Å²) in [5, 5.41) is 8.34. The summed E-state index contributed by atoms with van der Waals surface area (Å²) in [7, 11) is 1.69. The van der Waals surface area contributed by atoms with Crippen LogP contribution in [0.1, 0.15) is 0 Å². The number of nitrogens with one attached hydrogen (secondary N) is 2. The number of aromatic nitrogens is 2. The maximum Gasteiger partial charge on any atom is 0.234 e. The molecule has 1 aromatic rings. The van der Waals surface area contributed by atoms with E-state index < -0.39 is 5.95 Å². The van der Waals surface area contributed by atoms with Crippen LogP contribution >= 0.6 is 0 Å². The van der Waals surface area contributed by atoms with Crippen molar-refractivity contribution in [3.05, 3.63) is 12.0 Å². The van der Waals surface area contributed by atoms with Crippen molar-refractivity contribution >= 4 is 5.82 Å². The van der Waals surface area contributed by atoms with Crippen molar-refractivity contribution in [3.63, 3.8) is 0 Å². The van der Waals surface area contributed by atoms with E-state index in [1.807, 2.05) is 0 Å². The predicted molar refractivity (Wildman–Crippen MR) is 28.1 cm³/mol. The van der Waals surface area contributed by atoms with Gasteiger partial charge in [0.25, 0.3) is 0 Å². The van der Waals surface area contributed by atoms with Crippen LogP contribution in [0.4, 0.5) is 10.2 Å². The third-order valence-corrected chi connectivity index (χ3v) is 0.816. The third-order valence-electron chi connectivity index (χ3n) is 0.816. The van der Waals surface area contributed by atoms with Crippen molar-refractivity contribution in [2.24, 2.45) is 0 Å². The Balaban J connectivity index is 2.84. The molecule has 2 N–H and O–H groups in total. The Morgan fingerprint density at radius 2 is 2.62 bits per heavy atom. The molecule has 0 fully saturated rings. The van der Waals surface area contributed by atoms with Gasteiger partial charge in [-0.25, -0.2) is 0 Å². The molecule has 0 spiro atoms. The number of halogens is 1. The first-order chi connectivity index (χ1) is 3.83. The largest absolute Gasteiger partial charge is 0.373 e. The van der Waals surface area contributed by atoms with Gasteiger partial charge in [0.2, 0.25) is 5.95 Å². The molecule has 0 aliphatic rings. The molecule has 0 atom stereocenters. The van der Waals surface area contributed by atoms with E-state index in [0.717, 1.165) is 0 Å². The van der Waals surface area contributed by atoms with Crippen molar-refractivity contribution in [1.29, 1.82) is 0 Å². The van der Waals surface area contributed by atoms with E-state index in [-0.39, 0.29) is 0 Å². The molecule has 0 saturated carbocycles. The number of rotatable bonds is 1. The zero-order valence-corrected chi connectivity index (χ0v) is 4.40. The Labute approximate surface area is 45.9 Å². The van der Waals surface area contributed by atoms with Crippen LogP contribution in [-0.4, -0.2) is 17.2 Å². The van der Waals surface area contributed by atoms with Gasteiger partial charge in [0, 0.05) is 13.1 Å². The molecule has 0 aromatic carbocycles. The Bertz CT molecular complexity index is 172. The predicted octanol–water partition coefficient (Wildman–Crippen LogP) is 0.590. The van der Waals surface area contributed by atoms with Gasteiger partial charge in [0.05, 0.1) is 0 Å². The van der Waals surface area contributed by atoms with E-state index in [2.05, 4.69) is 15.5 Å². The van der Waals surface area contributed by atoms with Crippen LogP contribution in [-0.2, 0) is 0 Å². The molecular weight excluding hydrogens is 109 g/mol. The highest BCUT2D eigenvalue weighted by Crippen LogP contribution is 1.99. The van der Waals surface area contributed by atoms with E-state index in [9.17, 15) is 4.39 Å². The monoisotopic (exact) mass is 115 g/mol. The summed E-state index contributed by atoms with van der Waals surface area (Å²) in [5.41, 5.74) is 0. The summed E-state index contributed by atoms with van der Waals surface area (Å²) in [6.07, 6.45) is 0. The lowest BCUT2D eigenvalue weighted by atomic mass is 10.6. The summed E-state index contributed by atoms with van der Waals surface area (Å²) in [6.45, 7) is 0. The molecule has 8 heavy (non-hydrogen) atoms. The number of hydrogen-bond donors (Lipinski definition) is 2. The highest BCUT2D eigenvalue weighted by atomic mass is 19.1. The smallest absolute Gasteiger partial charge is 0.234 e. The molecule has 0 amide bonds. The molecule has 0 radical (unpaired) electrons. The normalized spacial score (nSPS) is 9.25. The van der Waals surface area contributed by atoms with Crippen molar-refractivity contribution in [2.45, 2.75) is 0 Å². The Hall–Kier alpha value is -1.06. The second-order valence-corrected chi connectivity index (χ2v) is 1.35. The summed E-state index contributed by atoms with van der Waals surface area (Å²) < 4.78 is 11.9. The molecule has 0 unspecified atom stereocenters. The Kier molecular flexibility index (Phi) is 1.15. The lowest BCUT2D eigenvalue weighted by Crippen LogP contribution is -1.85. The first-order valence-corrected chi connectivity index (χ1v) is 2.21. The third kappa shape index (κ3) is 0.776. The molecule has 3 nitrogen and oxygen atoms in total. The van der Waals surface area contributed by atoms with Gasteiger partial charge in [-0.05, 0) is 0 Å². The molecule has 0 aliphatic heterocycles. The van der Waals surface area contributed by atoms with E-state index in [1.165, 1.54) is 6.07 Å². The zero-order chi connectivity index (χ0) is 5.98. The van der Waals surface area contributed by atoms with Crippen molar-refractivity contribution in [2.75, 3.05) is 12.4 Å². The van der Waals surface area contributed by atoms with Gasteiger partial charge in [0.15, 0.2) is 0 Å². The van der Waals surface area contributed by atoms with Crippen LogP contribution in [0.3, 0.4) is 0 Å². The van der Waals surface area contributed by atoms with Crippen LogP contribution in [0.5, 0.6) is 0 Å². The molecular formula is C4H6FN3. The fourth-order valence-electron chi connectivity index (χ4n) is 0.425. The lowest BCUT2D eigenvalue weighted by Gasteiger charge is -1.85. The fraction of sp³-hybridized carbons (Fsp3) is 0.250. The SMILES string of the molecule is CNc1cc(F)n[nH]1. The van der Waals surface area contributed by atoms with Crippen molar-refractivity contribution < 1.29 is 4.39 Å². The number of nitrogens with zero attached hydrogens (tertiary/aromatic N) is 1. The molecule has 1 aromatic heterocycles. The van der Waals surface area contributed by atoms with Crippen LogP contribution in [0.2, 0.25) is 0 Å². The maximum atomic E-state index is 11.9. The average Bonchev–Trinajstić information content (AvgIpc) is 2.14. The first kappa shape index (κ1) is 5.08. The van der Waals surface area contributed by atoms with E-state index in [4.69, 9.17) is 0 Å². The van der Waals surface area contributed by atoms with Crippen LogP contribution in [0.15, 0.2) is 6.07 Å². The minimum absolute atomic E-state index is 0.491. The fourth-order valence-corrected chi connectivity index (χ4v) is 0.425. The van der Waals surface area contributed by atoms with E-state index in [1.54, 1.807) is 7.05 Å². The second-order valence-electron chi connectivity index (χ2n) is 1.35. The first-order valence-electron chi connectivity index (χ1n) is 2.21. The number of hydrogen-bond acceptors (Lipinski definition) is 2. The van der Waals surface area contributed by atoms with Gasteiger partial charge in [-0.3, -0.25) is 5.10 Å². The van der Waals surface area contributed by atoms with Gasteiger partial charge in [-0.2, -0.15) is 4.39 Å². The van der Waals surface area contributed by atoms with E-state index >= 15 is 0 Å². The summed E-state index contributed by atoms with van der Waals surface area (Å²) in [5.74, 6) is 0.0943. The van der Waals surface area contributed by atoms with Gasteiger partial charge in [-0.15, -0.1) is 5.10 Å². The van der Waals surface area contributed by atoms with Crippen LogP contribution < -0.4 is 5.32 Å². The van der Waals surface area contributed by atoms with Gasteiger partial charge in [0.1, 0.15) is 5.82 Å². The topological polar surface area (TPSA) is 40.7 Å². The number of H-pyrrole nitrogens is 1. The molecule has 0 saturated heterocycles. The van der Waals surface area contributed by atoms with E-state index in [0.29, 0.717) is 5.82 Å².